The second-order valence-electron chi connectivity index (χ2n) is 5.88. The molecular weight excluding hydrogens is 266 g/mol. The lowest BCUT2D eigenvalue weighted by molar-refractivity contribution is -0.137. The van der Waals surface area contributed by atoms with Crippen LogP contribution >= 0.6 is 0 Å². The summed E-state index contributed by atoms with van der Waals surface area (Å²) < 4.78 is 0. The van der Waals surface area contributed by atoms with Crippen molar-refractivity contribution >= 4 is 11.8 Å². The number of benzene rings is 1. The van der Waals surface area contributed by atoms with E-state index in [2.05, 4.69) is 11.4 Å². The Morgan fingerprint density at radius 1 is 1.29 bits per heavy atom. The molecule has 2 aliphatic rings. The number of amides is 2. The predicted molar refractivity (Wildman–Crippen MR) is 76.1 cm³/mol. The van der Waals surface area contributed by atoms with Crippen LogP contribution in [0.4, 0.5) is 0 Å². The number of rotatable bonds is 3. The van der Waals surface area contributed by atoms with Gasteiger partial charge in [-0.15, -0.1) is 0 Å². The molecule has 108 valence electrons. The van der Waals surface area contributed by atoms with E-state index in [0.717, 1.165) is 5.56 Å². The monoisotopic (exact) mass is 283 g/mol. The van der Waals surface area contributed by atoms with Crippen LogP contribution in [0.15, 0.2) is 30.3 Å². The molecule has 2 amide bonds. The van der Waals surface area contributed by atoms with Gasteiger partial charge in [-0.2, -0.15) is 5.26 Å². The minimum Gasteiger partial charge on any atom is -0.302 e. The number of nitriles is 1. The highest BCUT2D eigenvalue weighted by atomic mass is 16.2. The van der Waals surface area contributed by atoms with Gasteiger partial charge < -0.3 is 5.32 Å². The first-order chi connectivity index (χ1) is 10.1. The van der Waals surface area contributed by atoms with Gasteiger partial charge >= 0.3 is 0 Å². The van der Waals surface area contributed by atoms with Gasteiger partial charge in [0.05, 0.1) is 23.9 Å². The Kier molecular flexibility index (Phi) is 3.26. The Hall–Kier alpha value is -2.19. The predicted octanol–water partition coefficient (Wildman–Crippen LogP) is 0.957. The molecule has 1 aliphatic carbocycles. The lowest BCUT2D eigenvalue weighted by Gasteiger charge is -2.44. The van der Waals surface area contributed by atoms with E-state index in [0.29, 0.717) is 12.8 Å². The molecule has 1 unspecified atom stereocenters. The summed E-state index contributed by atoms with van der Waals surface area (Å²) in [7, 11) is 1.51. The molecule has 1 heterocycles. The van der Waals surface area contributed by atoms with Gasteiger partial charge in [-0.05, 0) is 18.4 Å². The van der Waals surface area contributed by atoms with Crippen LogP contribution in [-0.4, -0.2) is 35.8 Å². The van der Waals surface area contributed by atoms with Crippen molar-refractivity contribution in [3.8, 4) is 6.07 Å². The maximum atomic E-state index is 11.9. The van der Waals surface area contributed by atoms with Gasteiger partial charge in [0.1, 0.15) is 0 Å². The highest BCUT2D eigenvalue weighted by Gasteiger charge is 2.48. The Balaban J connectivity index is 1.65. The topological polar surface area (TPSA) is 73.2 Å². The van der Waals surface area contributed by atoms with Crippen molar-refractivity contribution in [3.05, 3.63) is 35.9 Å². The minimum absolute atomic E-state index is 0.109. The van der Waals surface area contributed by atoms with Gasteiger partial charge in [-0.1, -0.05) is 30.3 Å². The zero-order valence-electron chi connectivity index (χ0n) is 11.9. The molecule has 21 heavy (non-hydrogen) atoms. The molecular formula is C16H17N3O2. The molecule has 1 aromatic rings. The maximum Gasteiger partial charge on any atom is 0.246 e. The Bertz CT molecular complexity index is 614. The molecule has 3 rings (SSSR count). The number of carbonyl (C=O) groups excluding carboxylic acids is 2. The number of hydrogen-bond donors (Lipinski definition) is 1. The second-order valence-corrected chi connectivity index (χ2v) is 5.88. The van der Waals surface area contributed by atoms with Crippen molar-refractivity contribution in [2.24, 2.45) is 0 Å². The van der Waals surface area contributed by atoms with Crippen molar-refractivity contribution in [1.82, 2.24) is 10.2 Å². The van der Waals surface area contributed by atoms with E-state index in [1.165, 1.54) is 11.9 Å². The Morgan fingerprint density at radius 2 is 1.95 bits per heavy atom. The molecule has 0 radical (unpaired) electrons. The average molecular weight is 283 g/mol. The highest BCUT2D eigenvalue weighted by Crippen LogP contribution is 2.43. The van der Waals surface area contributed by atoms with Gasteiger partial charge in [-0.25, -0.2) is 0 Å². The molecule has 2 fully saturated rings. The van der Waals surface area contributed by atoms with Crippen LogP contribution in [0.1, 0.15) is 24.8 Å². The molecule has 5 nitrogen and oxygen atoms in total. The van der Waals surface area contributed by atoms with Crippen molar-refractivity contribution in [1.29, 1.82) is 5.26 Å². The number of carbonyl (C=O) groups is 2. The summed E-state index contributed by atoms with van der Waals surface area (Å²) in [5.74, 6) is -0.319. The van der Waals surface area contributed by atoms with Crippen LogP contribution in [0.5, 0.6) is 0 Å². The van der Waals surface area contributed by atoms with Crippen LogP contribution in [0.2, 0.25) is 0 Å². The first-order valence-corrected chi connectivity index (χ1v) is 7.09. The van der Waals surface area contributed by atoms with Gasteiger partial charge in [0.15, 0.2) is 0 Å². The number of imide groups is 1. The van der Waals surface area contributed by atoms with Crippen molar-refractivity contribution in [3.63, 3.8) is 0 Å². The van der Waals surface area contributed by atoms with Crippen molar-refractivity contribution < 1.29 is 9.59 Å². The van der Waals surface area contributed by atoms with E-state index >= 15 is 0 Å². The standard InChI is InChI=1S/C16H17N3O2/c1-19-14(20)7-13(15(19)21)18-12-8-16(9-12,10-17)11-5-3-2-4-6-11/h2-6,12-13,18H,7-9H2,1H3. The molecule has 1 saturated heterocycles. The molecule has 0 spiro atoms. The van der Waals surface area contributed by atoms with E-state index in [-0.39, 0.29) is 24.3 Å². The van der Waals surface area contributed by atoms with Crippen molar-refractivity contribution in [2.75, 3.05) is 7.05 Å². The molecule has 1 N–H and O–H groups in total. The zero-order valence-corrected chi connectivity index (χ0v) is 11.9. The summed E-state index contributed by atoms with van der Waals surface area (Å²) in [6.07, 6.45) is 1.57. The summed E-state index contributed by atoms with van der Waals surface area (Å²) >= 11 is 0. The summed E-state index contributed by atoms with van der Waals surface area (Å²) in [4.78, 5) is 24.5. The van der Waals surface area contributed by atoms with Crippen LogP contribution in [0, 0.1) is 11.3 Å². The molecule has 0 aromatic heterocycles. The van der Waals surface area contributed by atoms with Gasteiger partial charge in [-0.3, -0.25) is 14.5 Å². The second kappa shape index (κ2) is 4.97. The van der Waals surface area contributed by atoms with E-state index in [9.17, 15) is 14.9 Å². The third-order valence-electron chi connectivity index (χ3n) is 4.55. The zero-order chi connectivity index (χ0) is 15.0. The Labute approximate surface area is 123 Å². The average Bonchev–Trinajstić information content (AvgIpc) is 2.71. The summed E-state index contributed by atoms with van der Waals surface area (Å²) in [6.45, 7) is 0. The first kappa shape index (κ1) is 13.8. The van der Waals surface area contributed by atoms with Crippen molar-refractivity contribution in [2.45, 2.75) is 36.8 Å². The third-order valence-corrected chi connectivity index (χ3v) is 4.55. The highest BCUT2D eigenvalue weighted by molar-refractivity contribution is 6.05. The largest absolute Gasteiger partial charge is 0.302 e. The number of nitrogens with zero attached hydrogens (tertiary/aromatic N) is 2. The number of likely N-dealkylation sites (N-methyl/N-ethyl adjacent to an activating group) is 1. The SMILES string of the molecule is CN1C(=O)CC(NC2CC(C#N)(c3ccccc3)C2)C1=O. The van der Waals surface area contributed by atoms with Crippen LogP contribution in [-0.2, 0) is 15.0 Å². The minimum atomic E-state index is -0.462. The fourth-order valence-electron chi connectivity index (χ4n) is 3.22. The molecule has 1 aliphatic heterocycles. The lowest BCUT2D eigenvalue weighted by atomic mass is 9.62. The number of hydrogen-bond acceptors (Lipinski definition) is 4. The fourth-order valence-corrected chi connectivity index (χ4v) is 3.22. The van der Waals surface area contributed by atoms with E-state index in [4.69, 9.17) is 0 Å². The van der Waals surface area contributed by atoms with Gasteiger partial charge in [0, 0.05) is 13.1 Å². The fraction of sp³-hybridized carbons (Fsp3) is 0.438. The van der Waals surface area contributed by atoms with Crippen LogP contribution in [0.3, 0.4) is 0 Å². The molecule has 0 bridgehead atoms. The molecule has 5 heteroatoms. The van der Waals surface area contributed by atoms with Crippen LogP contribution < -0.4 is 5.32 Å². The van der Waals surface area contributed by atoms with E-state index < -0.39 is 11.5 Å². The van der Waals surface area contributed by atoms with E-state index in [1.807, 2.05) is 30.3 Å². The third kappa shape index (κ3) is 2.22. The lowest BCUT2D eigenvalue weighted by Crippen LogP contribution is -2.55. The molecule has 1 aromatic carbocycles. The molecule has 1 saturated carbocycles. The summed E-state index contributed by atoms with van der Waals surface area (Å²) in [5, 5.41) is 12.7. The number of likely N-dealkylation sites (tertiary alicyclic amines) is 1. The van der Waals surface area contributed by atoms with E-state index in [1.54, 1.807) is 0 Å². The Morgan fingerprint density at radius 3 is 2.48 bits per heavy atom. The summed E-state index contributed by atoms with van der Waals surface area (Å²) in [5.41, 5.74) is 0.563. The summed E-state index contributed by atoms with van der Waals surface area (Å²) in [6, 6.07) is 11.8. The first-order valence-electron chi connectivity index (χ1n) is 7.09. The number of nitrogens with one attached hydrogen (secondary N) is 1. The van der Waals surface area contributed by atoms with Gasteiger partial charge in [0.25, 0.3) is 0 Å². The van der Waals surface area contributed by atoms with Gasteiger partial charge in [0.2, 0.25) is 11.8 Å². The quantitative estimate of drug-likeness (QED) is 0.838. The molecule has 1 atom stereocenters. The maximum absolute atomic E-state index is 11.9. The normalized spacial score (nSPS) is 31.9. The smallest absolute Gasteiger partial charge is 0.246 e. The van der Waals surface area contributed by atoms with Crippen LogP contribution in [0.25, 0.3) is 0 Å².